The van der Waals surface area contributed by atoms with E-state index in [1.54, 1.807) is 0 Å². The highest BCUT2D eigenvalue weighted by Crippen LogP contribution is 2.18. The van der Waals surface area contributed by atoms with E-state index in [0.29, 0.717) is 18.0 Å². The number of likely N-dealkylation sites (N-methyl/N-ethyl adjacent to an activating group) is 1. The fraction of sp³-hybridized carbons (Fsp3) is 0.500. The predicted octanol–water partition coefficient (Wildman–Crippen LogP) is 2.43. The van der Waals surface area contributed by atoms with E-state index in [0.717, 1.165) is 18.8 Å². The van der Waals surface area contributed by atoms with Gasteiger partial charge in [-0.1, -0.05) is 30.4 Å². The van der Waals surface area contributed by atoms with Gasteiger partial charge >= 0.3 is 0 Å². The minimum atomic E-state index is -0.235. The van der Waals surface area contributed by atoms with Crippen molar-refractivity contribution < 1.29 is 4.79 Å². The summed E-state index contributed by atoms with van der Waals surface area (Å²) in [5.41, 5.74) is 6.63. The molecule has 1 aromatic rings. The van der Waals surface area contributed by atoms with Crippen LogP contribution in [-0.2, 0) is 4.79 Å². The van der Waals surface area contributed by atoms with Crippen LogP contribution in [-0.4, -0.2) is 41.5 Å². The number of thiocarbonyl (C=S) groups is 1. The molecule has 1 rings (SSSR count). The standard InChI is InChI=1S/C16H25N3OS/c1-4-18(5-2)16(20)13(3)19(12-11-15(17)21)14-9-7-6-8-10-14/h6-10,13H,4-5,11-12H2,1-3H3,(H2,17,21). The van der Waals surface area contributed by atoms with E-state index in [1.165, 1.54) is 0 Å². The first kappa shape index (κ1) is 17.4. The smallest absolute Gasteiger partial charge is 0.244 e. The molecule has 0 heterocycles. The van der Waals surface area contributed by atoms with E-state index < -0.39 is 0 Å². The number of amides is 1. The van der Waals surface area contributed by atoms with Crippen LogP contribution in [0.15, 0.2) is 30.3 Å². The highest BCUT2D eigenvalue weighted by Gasteiger charge is 2.24. The van der Waals surface area contributed by atoms with Gasteiger partial charge in [0.1, 0.15) is 6.04 Å². The molecule has 0 aromatic heterocycles. The normalized spacial score (nSPS) is 11.8. The van der Waals surface area contributed by atoms with Gasteiger partial charge in [-0.25, -0.2) is 0 Å². The number of hydrogen-bond donors (Lipinski definition) is 1. The van der Waals surface area contributed by atoms with Crippen LogP contribution in [0.25, 0.3) is 0 Å². The third kappa shape index (κ3) is 5.01. The number of hydrogen-bond acceptors (Lipinski definition) is 3. The molecule has 0 aliphatic rings. The van der Waals surface area contributed by atoms with Gasteiger partial charge in [0.15, 0.2) is 0 Å². The molecular formula is C16H25N3OS. The summed E-state index contributed by atoms with van der Waals surface area (Å²) in [6.45, 7) is 8.02. The van der Waals surface area contributed by atoms with Gasteiger partial charge in [-0.15, -0.1) is 0 Å². The van der Waals surface area contributed by atoms with Gasteiger partial charge in [-0.05, 0) is 32.9 Å². The van der Waals surface area contributed by atoms with Crippen LogP contribution in [0.3, 0.4) is 0 Å². The van der Waals surface area contributed by atoms with Crippen LogP contribution in [0.5, 0.6) is 0 Å². The van der Waals surface area contributed by atoms with Crippen molar-refractivity contribution in [2.45, 2.75) is 33.2 Å². The number of nitrogens with zero attached hydrogens (tertiary/aromatic N) is 2. The second-order valence-corrected chi connectivity index (χ2v) is 5.46. The summed E-state index contributed by atoms with van der Waals surface area (Å²) >= 11 is 4.97. The predicted molar refractivity (Wildman–Crippen MR) is 92.6 cm³/mol. The lowest BCUT2D eigenvalue weighted by molar-refractivity contribution is -0.131. The maximum Gasteiger partial charge on any atom is 0.244 e. The number of nitrogens with two attached hydrogens (primary N) is 1. The van der Waals surface area contributed by atoms with Crippen LogP contribution in [0.4, 0.5) is 5.69 Å². The Bertz CT molecular complexity index is 460. The Hall–Kier alpha value is -1.62. The summed E-state index contributed by atoms with van der Waals surface area (Å²) in [7, 11) is 0. The van der Waals surface area contributed by atoms with Crippen molar-refractivity contribution in [3.05, 3.63) is 30.3 Å². The molecule has 21 heavy (non-hydrogen) atoms. The second kappa shape index (κ2) is 8.62. The first-order valence-corrected chi connectivity index (χ1v) is 7.80. The van der Waals surface area contributed by atoms with Crippen LogP contribution in [0.1, 0.15) is 27.2 Å². The minimum Gasteiger partial charge on any atom is -0.393 e. The van der Waals surface area contributed by atoms with Gasteiger partial charge in [0.25, 0.3) is 0 Å². The zero-order valence-corrected chi connectivity index (χ0v) is 13.9. The van der Waals surface area contributed by atoms with Crippen molar-refractivity contribution in [3.63, 3.8) is 0 Å². The fourth-order valence-electron chi connectivity index (χ4n) is 2.33. The number of benzene rings is 1. The molecule has 4 nitrogen and oxygen atoms in total. The van der Waals surface area contributed by atoms with Crippen LogP contribution >= 0.6 is 12.2 Å². The highest BCUT2D eigenvalue weighted by atomic mass is 32.1. The largest absolute Gasteiger partial charge is 0.393 e. The number of rotatable bonds is 8. The van der Waals surface area contributed by atoms with E-state index >= 15 is 0 Å². The number of carbonyl (C=O) groups is 1. The van der Waals surface area contributed by atoms with E-state index in [1.807, 2.05) is 56.0 Å². The molecule has 0 aliphatic carbocycles. The van der Waals surface area contributed by atoms with Crippen molar-refractivity contribution in [2.24, 2.45) is 5.73 Å². The van der Waals surface area contributed by atoms with E-state index in [-0.39, 0.29) is 11.9 Å². The van der Waals surface area contributed by atoms with E-state index in [4.69, 9.17) is 18.0 Å². The van der Waals surface area contributed by atoms with Gasteiger partial charge in [0.2, 0.25) is 5.91 Å². The van der Waals surface area contributed by atoms with Crippen molar-refractivity contribution >= 4 is 28.8 Å². The highest BCUT2D eigenvalue weighted by molar-refractivity contribution is 7.80. The van der Waals surface area contributed by atoms with Gasteiger partial charge in [-0.3, -0.25) is 4.79 Å². The first-order valence-electron chi connectivity index (χ1n) is 7.40. The Balaban J connectivity index is 2.94. The molecule has 0 aliphatic heterocycles. The molecule has 116 valence electrons. The van der Waals surface area contributed by atoms with Gasteiger partial charge in [0, 0.05) is 31.7 Å². The van der Waals surface area contributed by atoms with Gasteiger partial charge < -0.3 is 15.5 Å². The lowest BCUT2D eigenvalue weighted by Gasteiger charge is -2.33. The van der Waals surface area contributed by atoms with Crippen molar-refractivity contribution in [2.75, 3.05) is 24.5 Å². The maximum atomic E-state index is 12.6. The first-order chi connectivity index (χ1) is 10.0. The fourth-order valence-corrected chi connectivity index (χ4v) is 2.42. The lowest BCUT2D eigenvalue weighted by atomic mass is 10.1. The molecule has 5 heteroatoms. The monoisotopic (exact) mass is 307 g/mol. The van der Waals surface area contributed by atoms with Crippen LogP contribution < -0.4 is 10.6 Å². The summed E-state index contributed by atoms with van der Waals surface area (Å²) in [6.07, 6.45) is 0.597. The Morgan fingerprint density at radius 1 is 1.24 bits per heavy atom. The van der Waals surface area contributed by atoms with Crippen LogP contribution in [0.2, 0.25) is 0 Å². The number of anilines is 1. The zero-order chi connectivity index (χ0) is 15.8. The lowest BCUT2D eigenvalue weighted by Crippen LogP contribution is -2.48. The second-order valence-electron chi connectivity index (χ2n) is 4.93. The Labute approximate surface area is 132 Å². The molecule has 0 radical (unpaired) electrons. The van der Waals surface area contributed by atoms with Crippen molar-refractivity contribution in [1.29, 1.82) is 0 Å². The number of para-hydroxylation sites is 1. The molecule has 0 spiro atoms. The SMILES string of the molecule is CCN(CC)C(=O)C(C)N(CCC(N)=S)c1ccccc1. The third-order valence-corrected chi connectivity index (χ3v) is 3.79. The zero-order valence-electron chi connectivity index (χ0n) is 13.1. The molecule has 0 saturated carbocycles. The average molecular weight is 307 g/mol. The molecular weight excluding hydrogens is 282 g/mol. The van der Waals surface area contributed by atoms with E-state index in [2.05, 4.69) is 4.90 Å². The Morgan fingerprint density at radius 2 is 1.81 bits per heavy atom. The summed E-state index contributed by atoms with van der Waals surface area (Å²) < 4.78 is 0. The maximum absolute atomic E-state index is 12.6. The van der Waals surface area contributed by atoms with E-state index in [9.17, 15) is 4.79 Å². The third-order valence-electron chi connectivity index (χ3n) is 3.59. The summed E-state index contributed by atoms with van der Waals surface area (Å²) in [5.74, 6) is 0.131. The molecule has 2 N–H and O–H groups in total. The average Bonchev–Trinajstić information content (AvgIpc) is 2.49. The Morgan fingerprint density at radius 3 is 2.29 bits per heavy atom. The number of carbonyl (C=O) groups excluding carboxylic acids is 1. The van der Waals surface area contributed by atoms with Crippen molar-refractivity contribution in [3.8, 4) is 0 Å². The molecule has 1 atom stereocenters. The van der Waals surface area contributed by atoms with Gasteiger partial charge in [-0.2, -0.15) is 0 Å². The minimum absolute atomic E-state index is 0.131. The Kier molecular flexibility index (Phi) is 7.15. The topological polar surface area (TPSA) is 49.6 Å². The summed E-state index contributed by atoms with van der Waals surface area (Å²) in [4.78, 5) is 17.0. The molecule has 0 fully saturated rings. The van der Waals surface area contributed by atoms with Crippen molar-refractivity contribution in [1.82, 2.24) is 4.90 Å². The molecule has 0 bridgehead atoms. The summed E-state index contributed by atoms with van der Waals surface area (Å²) in [6, 6.07) is 9.68. The quantitative estimate of drug-likeness (QED) is 0.749. The molecule has 1 amide bonds. The molecule has 0 saturated heterocycles. The summed E-state index contributed by atoms with van der Waals surface area (Å²) in [5, 5.41) is 0. The molecule has 1 aromatic carbocycles. The van der Waals surface area contributed by atoms with Gasteiger partial charge in [0.05, 0.1) is 4.99 Å². The molecule has 1 unspecified atom stereocenters. The van der Waals surface area contributed by atoms with Crippen LogP contribution in [0, 0.1) is 0 Å².